The van der Waals surface area contributed by atoms with Crippen LogP contribution in [-0.4, -0.2) is 59.1 Å². The van der Waals surface area contributed by atoms with Gasteiger partial charge in [0.25, 0.3) is 0 Å². The smallest absolute Gasteiger partial charge is 0.148 e. The Balaban J connectivity index is 2.15. The fourth-order valence-corrected chi connectivity index (χ4v) is 4.59. The van der Waals surface area contributed by atoms with E-state index in [0.29, 0.717) is 13.2 Å². The van der Waals surface area contributed by atoms with E-state index in [1.807, 2.05) is 49.3 Å². The highest BCUT2D eigenvalue weighted by Gasteiger charge is 2.45. The maximum Gasteiger partial charge on any atom is 0.148 e. The van der Waals surface area contributed by atoms with Crippen LogP contribution < -0.4 is 4.74 Å². The molecule has 4 atom stereocenters. The molecule has 1 fully saturated rings. The van der Waals surface area contributed by atoms with E-state index in [-0.39, 0.29) is 18.9 Å². The Morgan fingerprint density at radius 2 is 1.96 bits per heavy atom. The van der Waals surface area contributed by atoms with Crippen molar-refractivity contribution in [2.75, 3.05) is 27.6 Å². The first kappa shape index (κ1) is 22.9. The van der Waals surface area contributed by atoms with Crippen LogP contribution in [0.1, 0.15) is 32.8 Å². The van der Waals surface area contributed by atoms with Crippen LogP contribution in [0.5, 0.6) is 5.75 Å². The number of rotatable bonds is 9. The molecule has 1 aromatic carbocycles. The zero-order valence-corrected chi connectivity index (χ0v) is 18.2. The molecule has 0 aliphatic carbocycles. The van der Waals surface area contributed by atoms with Gasteiger partial charge in [-0.05, 0) is 44.9 Å². The van der Waals surface area contributed by atoms with Gasteiger partial charge in [-0.1, -0.05) is 18.1 Å². The standard InChI is InChI=1S/C21H31NO5S/c1-7-18(27-15-24-5)20-19(12-13-22(20)28(23)21(2,3)4)26-14-16-8-10-17(25-6)11-9-16/h1,8-11,18-20H,12-15H2,2-6H3/t18-,19-,20-,28?/m0/s1. The SMILES string of the molecule is C#C[C@H](OCOC)[C@H]1[C@@H](OCc2ccc(OC)cc2)CCN1S(=O)C(C)(C)C. The molecule has 6 nitrogen and oxygen atoms in total. The number of hydrogen-bond donors (Lipinski definition) is 0. The first-order valence-corrected chi connectivity index (χ1v) is 10.4. The van der Waals surface area contributed by atoms with Gasteiger partial charge in [-0.25, -0.2) is 8.51 Å². The summed E-state index contributed by atoms with van der Waals surface area (Å²) in [4.78, 5) is 0. The molecule has 0 radical (unpaired) electrons. The summed E-state index contributed by atoms with van der Waals surface area (Å²) in [5, 5.41) is 0. The molecule has 0 amide bonds. The van der Waals surface area contributed by atoms with Crippen molar-refractivity contribution < 1.29 is 23.2 Å². The monoisotopic (exact) mass is 409 g/mol. The number of ether oxygens (including phenoxy) is 4. The Morgan fingerprint density at radius 1 is 1.29 bits per heavy atom. The maximum atomic E-state index is 13.1. The number of hydrogen-bond acceptors (Lipinski definition) is 5. The normalized spacial score (nSPS) is 22.6. The third kappa shape index (κ3) is 5.79. The number of terminal acetylenes is 1. The number of benzene rings is 1. The van der Waals surface area contributed by atoms with E-state index in [4.69, 9.17) is 25.4 Å². The van der Waals surface area contributed by atoms with Gasteiger partial charge in [0.05, 0.1) is 30.6 Å². The molecular weight excluding hydrogens is 378 g/mol. The van der Waals surface area contributed by atoms with E-state index in [2.05, 4.69) is 5.92 Å². The van der Waals surface area contributed by atoms with E-state index < -0.39 is 21.8 Å². The summed E-state index contributed by atoms with van der Waals surface area (Å²) >= 11 is 0. The van der Waals surface area contributed by atoms with Gasteiger partial charge in [-0.15, -0.1) is 6.42 Å². The van der Waals surface area contributed by atoms with Crippen LogP contribution >= 0.6 is 0 Å². The first-order chi connectivity index (χ1) is 13.3. The zero-order valence-electron chi connectivity index (χ0n) is 17.3. The molecule has 0 N–H and O–H groups in total. The van der Waals surface area contributed by atoms with Gasteiger partial charge in [0.1, 0.15) is 29.6 Å². The summed E-state index contributed by atoms with van der Waals surface area (Å²) in [7, 11) is 1.96. The van der Waals surface area contributed by atoms with Crippen molar-refractivity contribution in [1.82, 2.24) is 4.31 Å². The van der Waals surface area contributed by atoms with Crippen LogP contribution in [0.2, 0.25) is 0 Å². The highest BCUT2D eigenvalue weighted by Crippen LogP contribution is 2.31. The molecular formula is C21H31NO5S. The van der Waals surface area contributed by atoms with Crippen molar-refractivity contribution in [2.24, 2.45) is 0 Å². The Kier molecular flexibility index (Phi) is 8.47. The molecule has 28 heavy (non-hydrogen) atoms. The molecule has 7 heteroatoms. The van der Waals surface area contributed by atoms with Crippen LogP contribution in [0.25, 0.3) is 0 Å². The first-order valence-electron chi connectivity index (χ1n) is 9.31. The summed E-state index contributed by atoms with van der Waals surface area (Å²) < 4.78 is 36.7. The Bertz CT molecular complexity index is 680. The maximum absolute atomic E-state index is 13.1. The van der Waals surface area contributed by atoms with Gasteiger partial charge >= 0.3 is 0 Å². The third-order valence-corrected chi connectivity index (χ3v) is 6.45. The second-order valence-electron chi connectivity index (χ2n) is 7.64. The van der Waals surface area contributed by atoms with Gasteiger partial charge < -0.3 is 18.9 Å². The van der Waals surface area contributed by atoms with Crippen molar-refractivity contribution in [3.8, 4) is 18.1 Å². The summed E-state index contributed by atoms with van der Waals surface area (Å²) in [6.45, 7) is 7.00. The Labute approximate surface area is 171 Å². The van der Waals surface area contributed by atoms with Gasteiger partial charge in [-0.3, -0.25) is 0 Å². The zero-order chi connectivity index (χ0) is 20.7. The van der Waals surface area contributed by atoms with E-state index in [1.54, 1.807) is 14.2 Å². The summed E-state index contributed by atoms with van der Waals surface area (Å²) in [5.74, 6) is 3.48. The van der Waals surface area contributed by atoms with Crippen molar-refractivity contribution in [2.45, 2.75) is 56.8 Å². The van der Waals surface area contributed by atoms with E-state index in [0.717, 1.165) is 17.7 Å². The fraction of sp³-hybridized carbons (Fsp3) is 0.619. The predicted molar refractivity (Wildman–Crippen MR) is 110 cm³/mol. The van der Waals surface area contributed by atoms with E-state index in [1.165, 1.54) is 0 Å². The molecule has 156 valence electrons. The summed E-state index contributed by atoms with van der Waals surface area (Å²) in [6.07, 6.45) is 5.71. The molecule has 1 aliphatic rings. The lowest BCUT2D eigenvalue weighted by Crippen LogP contribution is -2.50. The summed E-state index contributed by atoms with van der Waals surface area (Å²) in [5.41, 5.74) is 1.03. The average Bonchev–Trinajstić information content (AvgIpc) is 3.09. The quantitative estimate of drug-likeness (QED) is 0.464. The van der Waals surface area contributed by atoms with Crippen molar-refractivity contribution in [1.29, 1.82) is 0 Å². The molecule has 0 aromatic heterocycles. The second kappa shape index (κ2) is 10.4. The average molecular weight is 410 g/mol. The van der Waals surface area contributed by atoms with Crippen molar-refractivity contribution in [3.05, 3.63) is 29.8 Å². The van der Waals surface area contributed by atoms with Gasteiger partial charge in [-0.2, -0.15) is 0 Å². The van der Waals surface area contributed by atoms with Gasteiger partial charge in [0.2, 0.25) is 0 Å². The largest absolute Gasteiger partial charge is 0.497 e. The molecule has 0 bridgehead atoms. The van der Waals surface area contributed by atoms with Gasteiger partial charge in [0, 0.05) is 13.7 Å². The highest BCUT2D eigenvalue weighted by atomic mass is 32.2. The lowest BCUT2D eigenvalue weighted by atomic mass is 10.1. The minimum absolute atomic E-state index is 0.0760. The molecule has 1 heterocycles. The van der Waals surface area contributed by atoms with E-state index >= 15 is 0 Å². The predicted octanol–water partition coefficient (Wildman–Crippen LogP) is 2.74. The Hall–Kier alpha value is -1.43. The minimum Gasteiger partial charge on any atom is -0.497 e. The fourth-order valence-electron chi connectivity index (χ4n) is 3.14. The lowest BCUT2D eigenvalue weighted by molar-refractivity contribution is -0.0879. The lowest BCUT2D eigenvalue weighted by Gasteiger charge is -2.34. The topological polar surface area (TPSA) is 57.2 Å². The summed E-state index contributed by atoms with van der Waals surface area (Å²) in [6, 6.07) is 7.43. The molecule has 1 unspecified atom stereocenters. The van der Waals surface area contributed by atoms with Crippen LogP contribution in [0.15, 0.2) is 24.3 Å². The third-order valence-electron chi connectivity index (χ3n) is 4.55. The van der Waals surface area contributed by atoms with Crippen LogP contribution in [0.4, 0.5) is 0 Å². The van der Waals surface area contributed by atoms with Crippen molar-refractivity contribution >= 4 is 11.0 Å². The number of nitrogens with zero attached hydrogens (tertiary/aromatic N) is 1. The molecule has 2 rings (SSSR count). The molecule has 1 aliphatic heterocycles. The van der Waals surface area contributed by atoms with Crippen LogP contribution in [-0.2, 0) is 31.8 Å². The Morgan fingerprint density at radius 3 is 2.50 bits per heavy atom. The molecule has 1 aromatic rings. The van der Waals surface area contributed by atoms with E-state index in [9.17, 15) is 4.21 Å². The molecule has 0 spiro atoms. The molecule has 0 saturated carbocycles. The minimum atomic E-state index is -1.22. The van der Waals surface area contributed by atoms with Gasteiger partial charge in [0.15, 0.2) is 0 Å². The number of methoxy groups -OCH3 is 2. The van der Waals surface area contributed by atoms with Crippen molar-refractivity contribution in [3.63, 3.8) is 0 Å². The molecule has 1 saturated heterocycles. The highest BCUT2D eigenvalue weighted by molar-refractivity contribution is 7.84. The second-order valence-corrected chi connectivity index (χ2v) is 9.83. The van der Waals surface area contributed by atoms with Crippen LogP contribution in [0, 0.1) is 12.3 Å². The van der Waals surface area contributed by atoms with Crippen LogP contribution in [0.3, 0.4) is 0 Å².